The minimum absolute atomic E-state index is 0.0487. The van der Waals surface area contributed by atoms with Crippen molar-refractivity contribution in [3.63, 3.8) is 0 Å². The van der Waals surface area contributed by atoms with Gasteiger partial charge in [-0.15, -0.1) is 0 Å². The summed E-state index contributed by atoms with van der Waals surface area (Å²) in [5.74, 6) is 0.103. The molecular formula is C24H29N5O4. The van der Waals surface area contributed by atoms with Gasteiger partial charge < -0.3 is 24.7 Å². The zero-order chi connectivity index (χ0) is 23.4. The molecule has 1 amide bonds. The molecule has 4 rings (SSSR count). The fourth-order valence-corrected chi connectivity index (χ4v) is 3.99. The molecule has 2 N–H and O–H groups in total. The van der Waals surface area contributed by atoms with Crippen LogP contribution in [0.2, 0.25) is 0 Å². The van der Waals surface area contributed by atoms with E-state index < -0.39 is 5.97 Å². The van der Waals surface area contributed by atoms with E-state index in [2.05, 4.69) is 20.3 Å². The molecule has 1 aliphatic rings. The van der Waals surface area contributed by atoms with Crippen molar-refractivity contribution in [1.29, 1.82) is 0 Å². The molecule has 0 bridgehead atoms. The van der Waals surface area contributed by atoms with Gasteiger partial charge in [-0.2, -0.15) is 0 Å². The number of hydrogen-bond acceptors (Lipinski definition) is 7. The number of amides is 1. The third-order valence-corrected chi connectivity index (χ3v) is 5.70. The second-order valence-corrected chi connectivity index (χ2v) is 8.56. The Hall–Kier alpha value is -3.62. The smallest absolute Gasteiger partial charge is 0.410 e. The molecule has 0 unspecified atom stereocenters. The number of carbonyl (C=O) groups is 2. The van der Waals surface area contributed by atoms with E-state index in [9.17, 15) is 9.59 Å². The molecule has 2 aromatic heterocycles. The first-order valence-corrected chi connectivity index (χ1v) is 11.2. The molecule has 1 fully saturated rings. The van der Waals surface area contributed by atoms with Gasteiger partial charge in [0.25, 0.3) is 0 Å². The Balaban J connectivity index is 1.47. The molecule has 0 spiro atoms. The average Bonchev–Trinajstić information content (AvgIpc) is 3.24. The number of fused-ring (bicyclic) bond motifs is 1. The lowest BCUT2D eigenvalue weighted by Crippen LogP contribution is -2.49. The number of esters is 1. The van der Waals surface area contributed by atoms with Gasteiger partial charge in [0.2, 0.25) is 0 Å². The third kappa shape index (κ3) is 5.24. The third-order valence-electron chi connectivity index (χ3n) is 5.70. The van der Waals surface area contributed by atoms with Crippen LogP contribution in [0.25, 0.3) is 11.0 Å². The van der Waals surface area contributed by atoms with E-state index in [1.165, 1.54) is 6.33 Å². The van der Waals surface area contributed by atoms with E-state index in [0.717, 1.165) is 18.4 Å². The van der Waals surface area contributed by atoms with Crippen molar-refractivity contribution in [2.45, 2.75) is 58.4 Å². The molecule has 174 valence electrons. The van der Waals surface area contributed by atoms with Gasteiger partial charge in [-0.05, 0) is 39.2 Å². The number of carbonyl (C=O) groups excluding carboxylic acids is 2. The highest BCUT2D eigenvalue weighted by atomic mass is 16.6. The van der Waals surface area contributed by atoms with Gasteiger partial charge in [-0.1, -0.05) is 30.3 Å². The van der Waals surface area contributed by atoms with E-state index >= 15 is 0 Å². The molecule has 2 atom stereocenters. The summed E-state index contributed by atoms with van der Waals surface area (Å²) in [6, 6.07) is 9.64. The summed E-state index contributed by atoms with van der Waals surface area (Å²) in [7, 11) is 0. The molecular weight excluding hydrogens is 422 g/mol. The standard InChI is InChI=1S/C24H29N5O4/c1-15(2)33-23(30)19-11-25-21-20(19)22(27-14-26-21)28-18-10-9-16(3)29(12-18)24(31)32-13-17-7-5-4-6-8-17/h4-8,11,14-16,18H,9-10,12-13H2,1-3H3,(H2,25,26,27,28)/t16-,18+/m0/s1. The SMILES string of the molecule is CC(C)OC(=O)c1c[nH]c2ncnc(N[C@@H]3CC[C@H](C)N(C(=O)OCc4ccccc4)C3)c12. The number of nitrogens with one attached hydrogen (secondary N) is 2. The lowest BCUT2D eigenvalue weighted by molar-refractivity contribution is 0.0380. The summed E-state index contributed by atoms with van der Waals surface area (Å²) in [4.78, 5) is 38.7. The highest BCUT2D eigenvalue weighted by molar-refractivity contribution is 6.07. The number of aromatic amines is 1. The lowest BCUT2D eigenvalue weighted by atomic mass is 9.99. The second-order valence-electron chi connectivity index (χ2n) is 8.56. The molecule has 33 heavy (non-hydrogen) atoms. The molecule has 3 heterocycles. The number of likely N-dealkylation sites (tertiary alicyclic amines) is 1. The van der Waals surface area contributed by atoms with Crippen molar-refractivity contribution < 1.29 is 19.1 Å². The molecule has 0 radical (unpaired) electrons. The first-order valence-electron chi connectivity index (χ1n) is 11.2. The van der Waals surface area contributed by atoms with Gasteiger partial charge in [-0.3, -0.25) is 0 Å². The minimum Gasteiger partial charge on any atom is -0.459 e. The van der Waals surface area contributed by atoms with Crippen molar-refractivity contribution >= 4 is 28.9 Å². The van der Waals surface area contributed by atoms with E-state index in [-0.39, 0.29) is 30.9 Å². The molecule has 9 nitrogen and oxygen atoms in total. The maximum absolute atomic E-state index is 12.8. The topological polar surface area (TPSA) is 109 Å². The number of hydrogen-bond donors (Lipinski definition) is 2. The average molecular weight is 452 g/mol. The normalized spacial score (nSPS) is 18.4. The van der Waals surface area contributed by atoms with Gasteiger partial charge in [0.15, 0.2) is 0 Å². The van der Waals surface area contributed by atoms with Crippen molar-refractivity contribution in [3.8, 4) is 0 Å². The molecule has 1 aromatic carbocycles. The number of anilines is 1. The summed E-state index contributed by atoms with van der Waals surface area (Å²) >= 11 is 0. The fourth-order valence-electron chi connectivity index (χ4n) is 3.99. The molecule has 1 saturated heterocycles. The molecule has 0 aliphatic carbocycles. The Morgan fingerprint density at radius 3 is 2.76 bits per heavy atom. The van der Waals surface area contributed by atoms with Crippen LogP contribution in [0.3, 0.4) is 0 Å². The zero-order valence-electron chi connectivity index (χ0n) is 19.1. The largest absolute Gasteiger partial charge is 0.459 e. The Bertz CT molecular complexity index is 1110. The Labute approximate surface area is 192 Å². The second kappa shape index (κ2) is 9.89. The highest BCUT2D eigenvalue weighted by Gasteiger charge is 2.31. The fraction of sp³-hybridized carbons (Fsp3) is 0.417. The first kappa shape index (κ1) is 22.6. The maximum atomic E-state index is 12.8. The Kier molecular flexibility index (Phi) is 6.76. The number of benzene rings is 1. The predicted octanol–water partition coefficient (Wildman–Crippen LogP) is 4.12. The number of ether oxygens (including phenoxy) is 2. The van der Waals surface area contributed by atoms with E-state index in [1.807, 2.05) is 37.3 Å². The number of rotatable bonds is 6. The number of aromatic nitrogens is 3. The van der Waals surface area contributed by atoms with Crippen molar-refractivity contribution in [2.24, 2.45) is 0 Å². The van der Waals surface area contributed by atoms with Gasteiger partial charge >= 0.3 is 12.1 Å². The minimum atomic E-state index is -0.433. The Morgan fingerprint density at radius 1 is 1.21 bits per heavy atom. The molecule has 3 aromatic rings. The van der Waals surface area contributed by atoms with Crippen LogP contribution in [0.5, 0.6) is 0 Å². The summed E-state index contributed by atoms with van der Waals surface area (Å²) in [6.45, 7) is 6.33. The van der Waals surface area contributed by atoms with Crippen LogP contribution >= 0.6 is 0 Å². The number of piperidine rings is 1. The molecule has 1 aliphatic heterocycles. The summed E-state index contributed by atoms with van der Waals surface area (Å²) in [6.07, 6.45) is 4.13. The van der Waals surface area contributed by atoms with Crippen molar-refractivity contribution in [2.75, 3.05) is 11.9 Å². The predicted molar refractivity (Wildman–Crippen MR) is 124 cm³/mol. The van der Waals surface area contributed by atoms with Gasteiger partial charge in [-0.25, -0.2) is 19.6 Å². The van der Waals surface area contributed by atoms with Crippen LogP contribution < -0.4 is 5.32 Å². The lowest BCUT2D eigenvalue weighted by Gasteiger charge is -2.37. The van der Waals surface area contributed by atoms with Crippen LogP contribution in [0.15, 0.2) is 42.9 Å². The van der Waals surface area contributed by atoms with E-state index in [4.69, 9.17) is 9.47 Å². The first-order chi connectivity index (χ1) is 15.9. The Morgan fingerprint density at radius 2 is 2.00 bits per heavy atom. The summed E-state index contributed by atoms with van der Waals surface area (Å²) < 4.78 is 10.9. The van der Waals surface area contributed by atoms with Crippen LogP contribution in [0.4, 0.5) is 10.6 Å². The monoisotopic (exact) mass is 451 g/mol. The van der Waals surface area contributed by atoms with Crippen LogP contribution in [0, 0.1) is 0 Å². The van der Waals surface area contributed by atoms with Gasteiger partial charge in [0.1, 0.15) is 24.4 Å². The van der Waals surface area contributed by atoms with Gasteiger partial charge in [0, 0.05) is 24.8 Å². The quantitative estimate of drug-likeness (QED) is 0.543. The summed E-state index contributed by atoms with van der Waals surface area (Å²) in [5.41, 5.74) is 1.87. The number of H-pyrrole nitrogens is 1. The molecule has 0 saturated carbocycles. The van der Waals surface area contributed by atoms with E-state index in [0.29, 0.717) is 29.0 Å². The van der Waals surface area contributed by atoms with Gasteiger partial charge in [0.05, 0.1) is 17.1 Å². The molecule has 9 heteroatoms. The van der Waals surface area contributed by atoms with Crippen molar-refractivity contribution in [1.82, 2.24) is 19.9 Å². The maximum Gasteiger partial charge on any atom is 0.410 e. The van der Waals surface area contributed by atoms with Crippen molar-refractivity contribution in [3.05, 3.63) is 54.0 Å². The zero-order valence-corrected chi connectivity index (χ0v) is 19.1. The van der Waals surface area contributed by atoms with Crippen LogP contribution in [0.1, 0.15) is 49.5 Å². The van der Waals surface area contributed by atoms with Crippen LogP contribution in [-0.4, -0.2) is 56.6 Å². The summed E-state index contributed by atoms with van der Waals surface area (Å²) in [5, 5.41) is 3.99. The van der Waals surface area contributed by atoms with Crippen LogP contribution in [-0.2, 0) is 16.1 Å². The van der Waals surface area contributed by atoms with E-state index in [1.54, 1.807) is 24.9 Å². The highest BCUT2D eigenvalue weighted by Crippen LogP contribution is 2.27. The number of nitrogens with zero attached hydrogens (tertiary/aromatic N) is 3.